The van der Waals surface area contributed by atoms with Crippen LogP contribution in [0.3, 0.4) is 0 Å². The second kappa shape index (κ2) is 3.20. The second-order valence-electron chi connectivity index (χ2n) is 1.47. The summed E-state index contributed by atoms with van der Waals surface area (Å²) in [5, 5.41) is 28.4. The van der Waals surface area contributed by atoms with Crippen LogP contribution in [0.25, 0.3) is 0 Å². The average molecular weight is 120 g/mol. The predicted molar refractivity (Wildman–Crippen MR) is 24.4 cm³/mol. The van der Waals surface area contributed by atoms with Gasteiger partial charge in [0, 0.05) is 0 Å². The van der Waals surface area contributed by atoms with Crippen LogP contribution in [-0.2, 0) is 0 Å². The van der Waals surface area contributed by atoms with Crippen LogP contribution in [0, 0.1) is 5.21 Å². The highest BCUT2D eigenvalue weighted by Gasteiger charge is 2.00. The quantitative estimate of drug-likeness (QED) is 0.299. The SMILES string of the molecule is CC(O)C/[N+]([O-])=N/O. The van der Waals surface area contributed by atoms with Crippen LogP contribution in [0.1, 0.15) is 6.92 Å². The molecule has 1 atom stereocenters. The Morgan fingerprint density at radius 1 is 1.88 bits per heavy atom. The number of rotatable bonds is 2. The fourth-order valence-electron chi connectivity index (χ4n) is 0.263. The summed E-state index contributed by atoms with van der Waals surface area (Å²) in [5.74, 6) is 0. The van der Waals surface area contributed by atoms with E-state index in [4.69, 9.17) is 10.3 Å². The molecule has 0 heterocycles. The third-order valence-corrected chi connectivity index (χ3v) is 0.520. The molecule has 0 saturated heterocycles. The summed E-state index contributed by atoms with van der Waals surface area (Å²) in [7, 11) is 0. The Labute approximate surface area is 46.4 Å². The lowest BCUT2D eigenvalue weighted by atomic mass is 10.4. The van der Waals surface area contributed by atoms with Crippen molar-refractivity contribution in [1.82, 2.24) is 0 Å². The summed E-state index contributed by atoms with van der Waals surface area (Å²) in [4.78, 5) is 0.00463. The van der Waals surface area contributed by atoms with E-state index in [-0.39, 0.29) is 11.4 Å². The molecule has 0 aliphatic rings. The molecule has 1 unspecified atom stereocenters. The zero-order valence-corrected chi connectivity index (χ0v) is 4.48. The van der Waals surface area contributed by atoms with Crippen LogP contribution in [0.5, 0.6) is 0 Å². The van der Waals surface area contributed by atoms with Crippen LogP contribution in [-0.4, -0.2) is 27.8 Å². The van der Waals surface area contributed by atoms with Gasteiger partial charge in [-0.05, 0) is 6.92 Å². The second-order valence-corrected chi connectivity index (χ2v) is 1.47. The summed E-state index contributed by atoms with van der Waals surface area (Å²) in [6, 6.07) is 0. The van der Waals surface area contributed by atoms with Gasteiger partial charge in [0.15, 0.2) is 5.28 Å². The van der Waals surface area contributed by atoms with Gasteiger partial charge in [-0.15, -0.1) is 0 Å². The first-order valence-corrected chi connectivity index (χ1v) is 2.14. The minimum absolute atomic E-state index is 0.00463. The van der Waals surface area contributed by atoms with Crippen molar-refractivity contribution in [2.75, 3.05) is 6.54 Å². The molecule has 0 bridgehead atoms. The van der Waals surface area contributed by atoms with Gasteiger partial charge in [-0.2, -0.15) is 0 Å². The first-order valence-electron chi connectivity index (χ1n) is 2.14. The van der Waals surface area contributed by atoms with Crippen molar-refractivity contribution in [2.24, 2.45) is 5.28 Å². The molecule has 5 heteroatoms. The highest BCUT2D eigenvalue weighted by atomic mass is 16.6. The molecule has 0 aromatic heterocycles. The van der Waals surface area contributed by atoms with Crippen LogP contribution < -0.4 is 0 Å². The number of nitrogens with zero attached hydrogens (tertiary/aromatic N) is 2. The van der Waals surface area contributed by atoms with Crippen LogP contribution in [0.2, 0.25) is 0 Å². The van der Waals surface area contributed by atoms with E-state index < -0.39 is 6.10 Å². The highest BCUT2D eigenvalue weighted by molar-refractivity contribution is 4.36. The Balaban J connectivity index is 3.39. The molecule has 0 fully saturated rings. The van der Waals surface area contributed by atoms with Crippen molar-refractivity contribution < 1.29 is 15.2 Å². The van der Waals surface area contributed by atoms with Crippen LogP contribution in [0.15, 0.2) is 5.28 Å². The molecule has 0 aromatic rings. The monoisotopic (exact) mass is 120 g/mol. The van der Waals surface area contributed by atoms with Gasteiger partial charge >= 0.3 is 0 Å². The van der Waals surface area contributed by atoms with Gasteiger partial charge in [0.1, 0.15) is 6.10 Å². The molecule has 0 amide bonds. The van der Waals surface area contributed by atoms with Crippen molar-refractivity contribution in [2.45, 2.75) is 13.0 Å². The van der Waals surface area contributed by atoms with Crippen molar-refractivity contribution in [1.29, 1.82) is 0 Å². The zero-order valence-electron chi connectivity index (χ0n) is 4.48. The Bertz CT molecular complexity index is 90.5. The lowest BCUT2D eigenvalue weighted by molar-refractivity contribution is -0.562. The molecule has 8 heavy (non-hydrogen) atoms. The Hall–Kier alpha value is -0.840. The van der Waals surface area contributed by atoms with Crippen molar-refractivity contribution in [3.63, 3.8) is 0 Å². The molecule has 5 nitrogen and oxygen atoms in total. The number of hydrogen-bond donors (Lipinski definition) is 2. The Morgan fingerprint density at radius 3 is 2.50 bits per heavy atom. The topological polar surface area (TPSA) is 78.9 Å². The Morgan fingerprint density at radius 2 is 2.38 bits per heavy atom. The van der Waals surface area contributed by atoms with E-state index in [1.54, 1.807) is 0 Å². The van der Waals surface area contributed by atoms with E-state index in [2.05, 4.69) is 5.28 Å². The smallest absolute Gasteiger partial charge is 0.209 e. The molecule has 0 aromatic carbocycles. The molecule has 0 radical (unpaired) electrons. The van der Waals surface area contributed by atoms with Crippen LogP contribution >= 0.6 is 0 Å². The van der Waals surface area contributed by atoms with Crippen molar-refractivity contribution >= 4 is 0 Å². The maximum atomic E-state index is 9.96. The average Bonchev–Trinajstić information content (AvgIpc) is 1.65. The van der Waals surface area contributed by atoms with E-state index in [0.717, 1.165) is 0 Å². The summed E-state index contributed by atoms with van der Waals surface area (Å²) >= 11 is 0. The van der Waals surface area contributed by atoms with Gasteiger partial charge < -0.3 is 15.5 Å². The Kier molecular flexibility index (Phi) is 2.86. The molecule has 48 valence electrons. The van der Waals surface area contributed by atoms with Gasteiger partial charge in [0.05, 0.1) is 0 Å². The van der Waals surface area contributed by atoms with Gasteiger partial charge in [-0.1, -0.05) is 4.86 Å². The molecule has 0 aliphatic heterocycles. The molecular formula is C3H8N2O3. The summed E-state index contributed by atoms with van der Waals surface area (Å²) in [6.07, 6.45) is -0.761. The molecule has 0 spiro atoms. The van der Waals surface area contributed by atoms with E-state index >= 15 is 0 Å². The minimum atomic E-state index is -0.761. The van der Waals surface area contributed by atoms with Crippen molar-refractivity contribution in [3.05, 3.63) is 5.21 Å². The van der Waals surface area contributed by atoms with Gasteiger partial charge in [-0.25, -0.2) is 0 Å². The van der Waals surface area contributed by atoms with E-state index in [1.807, 2.05) is 0 Å². The standard InChI is InChI=1S/C3H8N2O3/c1-3(6)2-5(8)4-7/h3,6-7H,2H2,1H3/b5-4-. The fourth-order valence-corrected chi connectivity index (χ4v) is 0.263. The van der Waals surface area contributed by atoms with Gasteiger partial charge in [0.2, 0.25) is 6.54 Å². The number of hydrogen-bond acceptors (Lipinski definition) is 3. The van der Waals surface area contributed by atoms with Gasteiger partial charge in [0.25, 0.3) is 0 Å². The molecule has 0 aliphatic carbocycles. The largest absolute Gasteiger partial charge is 0.597 e. The summed E-state index contributed by atoms with van der Waals surface area (Å²) in [5.41, 5.74) is 0. The molecule has 2 N–H and O–H groups in total. The molecule has 0 saturated carbocycles. The van der Waals surface area contributed by atoms with E-state index in [0.29, 0.717) is 0 Å². The number of aliphatic hydroxyl groups is 1. The maximum Gasteiger partial charge on any atom is 0.209 e. The third kappa shape index (κ3) is 3.35. The highest BCUT2D eigenvalue weighted by Crippen LogP contribution is 1.80. The summed E-state index contributed by atoms with van der Waals surface area (Å²) in [6.45, 7) is 1.23. The fraction of sp³-hybridized carbons (Fsp3) is 1.00. The van der Waals surface area contributed by atoms with Crippen molar-refractivity contribution in [3.8, 4) is 0 Å². The maximum absolute atomic E-state index is 9.96. The van der Waals surface area contributed by atoms with Crippen LogP contribution in [0.4, 0.5) is 0 Å². The normalized spacial score (nSPS) is 16.0. The first kappa shape index (κ1) is 7.16. The molecular weight excluding hydrogens is 112 g/mol. The van der Waals surface area contributed by atoms with Gasteiger partial charge in [-0.3, -0.25) is 0 Å². The lowest BCUT2D eigenvalue weighted by Crippen LogP contribution is -2.15. The van der Waals surface area contributed by atoms with E-state index in [9.17, 15) is 5.21 Å². The van der Waals surface area contributed by atoms with E-state index in [1.165, 1.54) is 6.92 Å². The lowest BCUT2D eigenvalue weighted by Gasteiger charge is -1.98. The third-order valence-electron chi connectivity index (χ3n) is 0.520. The number of aliphatic hydroxyl groups excluding tert-OH is 1. The summed E-state index contributed by atoms with van der Waals surface area (Å²) < 4.78 is 0. The number of hydroxylamine groups is 1. The zero-order chi connectivity index (χ0) is 6.57. The molecule has 0 rings (SSSR count). The minimum Gasteiger partial charge on any atom is -0.597 e. The first-order chi connectivity index (χ1) is 3.66. The predicted octanol–water partition coefficient (Wildman–Crippen LogP) is -0.281.